The van der Waals surface area contributed by atoms with Gasteiger partial charge in [0.25, 0.3) is 5.56 Å². The maximum Gasteiger partial charge on any atom is 0.276 e. The Bertz CT molecular complexity index is 1250. The highest BCUT2D eigenvalue weighted by atomic mass is 19.2. The van der Waals surface area contributed by atoms with Crippen LogP contribution in [0.3, 0.4) is 0 Å². The van der Waals surface area contributed by atoms with Crippen molar-refractivity contribution in [3.8, 4) is 17.1 Å². The van der Waals surface area contributed by atoms with E-state index < -0.39 is 17.2 Å². The Kier molecular flexibility index (Phi) is 4.44. The number of H-pyrrole nitrogens is 2. The number of methoxy groups -OCH3 is 1. The number of nitrogens with zero attached hydrogens (tertiary/aromatic N) is 1. The zero-order valence-corrected chi connectivity index (χ0v) is 14.8. The van der Waals surface area contributed by atoms with Gasteiger partial charge in [-0.2, -0.15) is 0 Å². The lowest BCUT2D eigenvalue weighted by Crippen LogP contribution is -2.12. The summed E-state index contributed by atoms with van der Waals surface area (Å²) in [6.07, 6.45) is 0. The van der Waals surface area contributed by atoms with Crippen LogP contribution in [0.25, 0.3) is 33.3 Å². The predicted molar refractivity (Wildman–Crippen MR) is 101 cm³/mol. The van der Waals surface area contributed by atoms with Gasteiger partial charge in [0.2, 0.25) is 0 Å². The summed E-state index contributed by atoms with van der Waals surface area (Å²) in [5.74, 6) is -1.52. The molecule has 7 nitrogen and oxygen atoms in total. The SMILES string of the molecule is COCCOc1ccc2[nH]c(-c3nc4cc(F)c(F)cc4[nH]c3=O)c(N)c2c1. The summed E-state index contributed by atoms with van der Waals surface area (Å²) >= 11 is 0. The normalized spacial score (nSPS) is 11.4. The first kappa shape index (κ1) is 17.9. The molecule has 0 saturated carbocycles. The predicted octanol–water partition coefficient (Wildman–Crippen LogP) is 2.96. The Morgan fingerprint density at radius 1 is 1.07 bits per heavy atom. The third kappa shape index (κ3) is 3.05. The number of nitrogens with two attached hydrogens (primary N) is 1. The number of aromatic nitrogens is 3. The second-order valence-electron chi connectivity index (χ2n) is 6.16. The number of nitrogens with one attached hydrogen (secondary N) is 2. The number of aromatic amines is 2. The molecule has 0 aliphatic heterocycles. The first-order chi connectivity index (χ1) is 13.5. The molecule has 0 radical (unpaired) electrons. The van der Waals surface area contributed by atoms with Crippen LogP contribution >= 0.6 is 0 Å². The number of anilines is 1. The maximum absolute atomic E-state index is 13.5. The smallest absolute Gasteiger partial charge is 0.276 e. The Balaban J connectivity index is 1.82. The Morgan fingerprint density at radius 3 is 2.64 bits per heavy atom. The maximum atomic E-state index is 13.5. The minimum absolute atomic E-state index is 0.0194. The molecule has 144 valence electrons. The number of hydrogen-bond donors (Lipinski definition) is 3. The largest absolute Gasteiger partial charge is 0.491 e. The van der Waals surface area contributed by atoms with E-state index in [-0.39, 0.29) is 22.4 Å². The van der Waals surface area contributed by atoms with E-state index >= 15 is 0 Å². The molecular formula is C19H16F2N4O3. The third-order valence-electron chi connectivity index (χ3n) is 4.34. The van der Waals surface area contributed by atoms with Gasteiger partial charge in [0.1, 0.15) is 12.4 Å². The van der Waals surface area contributed by atoms with Gasteiger partial charge in [0.15, 0.2) is 17.3 Å². The molecule has 0 unspecified atom stereocenters. The van der Waals surface area contributed by atoms with Crippen molar-refractivity contribution >= 4 is 27.6 Å². The van der Waals surface area contributed by atoms with Gasteiger partial charge < -0.3 is 25.2 Å². The lowest BCUT2D eigenvalue weighted by molar-refractivity contribution is 0.146. The lowest BCUT2D eigenvalue weighted by Gasteiger charge is -2.05. The molecule has 0 amide bonds. The molecule has 0 aliphatic rings. The average Bonchev–Trinajstić information content (AvgIpc) is 2.99. The van der Waals surface area contributed by atoms with Crippen LogP contribution in [0.4, 0.5) is 14.5 Å². The highest BCUT2D eigenvalue weighted by Gasteiger charge is 2.17. The molecule has 0 atom stereocenters. The van der Waals surface area contributed by atoms with Crippen molar-refractivity contribution < 1.29 is 18.3 Å². The second kappa shape index (κ2) is 6.93. The standard InChI is InChI=1S/C19H16F2N4O3/c1-27-4-5-28-9-2-3-13-10(6-9)16(22)17(23-13)18-19(26)25-15-8-12(21)11(20)7-14(15)24-18/h2-3,6-8,23H,4-5,22H2,1H3,(H,25,26). The Hall–Kier alpha value is -3.46. The average molecular weight is 386 g/mol. The molecule has 0 bridgehead atoms. The summed E-state index contributed by atoms with van der Waals surface area (Å²) < 4.78 is 37.4. The summed E-state index contributed by atoms with van der Waals surface area (Å²) in [6, 6.07) is 7.08. The van der Waals surface area contributed by atoms with E-state index in [1.165, 1.54) is 0 Å². The molecule has 9 heteroatoms. The first-order valence-electron chi connectivity index (χ1n) is 8.40. The van der Waals surface area contributed by atoms with Gasteiger partial charge in [0, 0.05) is 30.1 Å². The van der Waals surface area contributed by atoms with Gasteiger partial charge in [-0.15, -0.1) is 0 Å². The van der Waals surface area contributed by atoms with Gasteiger partial charge >= 0.3 is 0 Å². The van der Waals surface area contributed by atoms with E-state index in [0.717, 1.165) is 12.1 Å². The minimum Gasteiger partial charge on any atom is -0.491 e. The minimum atomic E-state index is -1.07. The van der Waals surface area contributed by atoms with Crippen molar-refractivity contribution in [2.75, 3.05) is 26.1 Å². The highest BCUT2D eigenvalue weighted by Crippen LogP contribution is 2.33. The van der Waals surface area contributed by atoms with Gasteiger partial charge in [-0.25, -0.2) is 13.8 Å². The molecular weight excluding hydrogens is 370 g/mol. The molecule has 0 aliphatic carbocycles. The molecule has 4 N–H and O–H groups in total. The molecule has 0 saturated heterocycles. The number of fused-ring (bicyclic) bond motifs is 2. The quantitative estimate of drug-likeness (QED) is 0.457. The van der Waals surface area contributed by atoms with Crippen LogP contribution in [-0.4, -0.2) is 35.3 Å². The number of nitrogen functional groups attached to an aromatic ring is 1. The van der Waals surface area contributed by atoms with Crippen LogP contribution < -0.4 is 16.0 Å². The molecule has 4 rings (SSSR count). The van der Waals surface area contributed by atoms with E-state index in [1.54, 1.807) is 25.3 Å². The lowest BCUT2D eigenvalue weighted by atomic mass is 10.2. The fraction of sp³-hybridized carbons (Fsp3) is 0.158. The third-order valence-corrected chi connectivity index (χ3v) is 4.34. The van der Waals surface area contributed by atoms with Crippen LogP contribution in [0.2, 0.25) is 0 Å². The second-order valence-corrected chi connectivity index (χ2v) is 6.16. The van der Waals surface area contributed by atoms with Crippen molar-refractivity contribution in [2.24, 2.45) is 0 Å². The van der Waals surface area contributed by atoms with Crippen LogP contribution in [0, 0.1) is 11.6 Å². The van der Waals surface area contributed by atoms with Gasteiger partial charge in [-0.3, -0.25) is 4.79 Å². The fourth-order valence-electron chi connectivity index (χ4n) is 2.96. The van der Waals surface area contributed by atoms with Crippen molar-refractivity contribution in [3.05, 3.63) is 52.3 Å². The number of halogens is 2. The Labute approximate surface area is 157 Å². The van der Waals surface area contributed by atoms with E-state index in [4.69, 9.17) is 15.2 Å². The first-order valence-corrected chi connectivity index (χ1v) is 8.40. The van der Waals surface area contributed by atoms with Crippen LogP contribution in [-0.2, 0) is 4.74 Å². The van der Waals surface area contributed by atoms with Crippen LogP contribution in [0.5, 0.6) is 5.75 Å². The van der Waals surface area contributed by atoms with E-state index in [9.17, 15) is 13.6 Å². The number of hydrogen-bond acceptors (Lipinski definition) is 5. The van der Waals surface area contributed by atoms with Crippen molar-refractivity contribution in [2.45, 2.75) is 0 Å². The van der Waals surface area contributed by atoms with Gasteiger partial charge in [-0.1, -0.05) is 0 Å². The van der Waals surface area contributed by atoms with Crippen LogP contribution in [0.15, 0.2) is 35.1 Å². The topological polar surface area (TPSA) is 106 Å². The monoisotopic (exact) mass is 386 g/mol. The van der Waals surface area contributed by atoms with Crippen molar-refractivity contribution in [3.63, 3.8) is 0 Å². The Morgan fingerprint density at radius 2 is 1.86 bits per heavy atom. The summed E-state index contributed by atoms with van der Waals surface area (Å²) in [6.45, 7) is 0.826. The molecule has 4 aromatic rings. The van der Waals surface area contributed by atoms with Crippen molar-refractivity contribution in [1.29, 1.82) is 0 Å². The van der Waals surface area contributed by atoms with Gasteiger partial charge in [0.05, 0.1) is 29.0 Å². The zero-order valence-electron chi connectivity index (χ0n) is 14.8. The van der Waals surface area contributed by atoms with Gasteiger partial charge in [-0.05, 0) is 18.2 Å². The number of benzene rings is 2. The van der Waals surface area contributed by atoms with Crippen LogP contribution in [0.1, 0.15) is 0 Å². The summed E-state index contributed by atoms with van der Waals surface area (Å²) in [5.41, 5.74) is 7.09. The summed E-state index contributed by atoms with van der Waals surface area (Å²) in [4.78, 5) is 22.2. The molecule has 28 heavy (non-hydrogen) atoms. The van der Waals surface area contributed by atoms with E-state index in [1.807, 2.05) is 0 Å². The zero-order chi connectivity index (χ0) is 19.8. The van der Waals surface area contributed by atoms with E-state index in [2.05, 4.69) is 15.0 Å². The van der Waals surface area contributed by atoms with E-state index in [0.29, 0.717) is 35.6 Å². The molecule has 0 fully saturated rings. The summed E-state index contributed by atoms with van der Waals surface area (Å²) in [7, 11) is 1.58. The molecule has 2 aromatic heterocycles. The summed E-state index contributed by atoms with van der Waals surface area (Å²) in [5, 5.41) is 0.650. The number of ether oxygens (including phenoxy) is 2. The molecule has 2 aromatic carbocycles. The molecule has 0 spiro atoms. The fourth-order valence-corrected chi connectivity index (χ4v) is 2.96. The highest BCUT2D eigenvalue weighted by molar-refractivity contribution is 6.00. The number of rotatable bonds is 5. The molecule has 2 heterocycles. The van der Waals surface area contributed by atoms with Crippen molar-refractivity contribution in [1.82, 2.24) is 15.0 Å².